The van der Waals surface area contributed by atoms with Gasteiger partial charge in [0.1, 0.15) is 11.3 Å². The fraction of sp³-hybridized carbons (Fsp3) is 0.727. The molecule has 0 aliphatic carbocycles. The van der Waals surface area contributed by atoms with Gasteiger partial charge in [0.2, 0.25) is 5.88 Å². The highest BCUT2D eigenvalue weighted by molar-refractivity contribution is 5.77. The van der Waals surface area contributed by atoms with Gasteiger partial charge in [0.25, 0.3) is 0 Å². The summed E-state index contributed by atoms with van der Waals surface area (Å²) in [6, 6.07) is 0. The molecule has 1 aliphatic heterocycles. The van der Waals surface area contributed by atoms with Crippen LogP contribution in [0, 0.1) is 6.92 Å². The number of aromatic hydroxyl groups is 1. The van der Waals surface area contributed by atoms with Gasteiger partial charge in [0.15, 0.2) is 5.65 Å². The summed E-state index contributed by atoms with van der Waals surface area (Å²) in [4.78, 5) is 36.0. The smallest absolute Gasteiger partial charge is 0.352 e. The first-order valence-corrected chi connectivity index (χ1v) is 11.5. The molecule has 0 atom stereocenters. The molecule has 2 aromatic heterocycles. The van der Waals surface area contributed by atoms with Gasteiger partial charge in [-0.15, -0.1) is 0 Å². The lowest BCUT2D eigenvalue weighted by molar-refractivity contribution is -0.140. The second kappa shape index (κ2) is 11.4. The zero-order valence-electron chi connectivity index (χ0n) is 19.5. The van der Waals surface area contributed by atoms with Crippen molar-refractivity contribution < 1.29 is 14.6 Å². The lowest BCUT2D eigenvalue weighted by Gasteiger charge is -2.34. The van der Waals surface area contributed by atoms with Crippen LogP contribution in [0.1, 0.15) is 44.3 Å². The second-order valence-corrected chi connectivity index (χ2v) is 8.54. The Bertz CT molecular complexity index is 961. The van der Waals surface area contributed by atoms with E-state index >= 15 is 0 Å². The standard InChI is InChI=1S/C22H36N6O4/c1-17-23-20-19(21(30)24-22(31)25(20)2)28(17)12-7-5-4-6-10-26-13-15-27(16-14-26)11-8-9-18(29)32-3/h4-16H2,1-3H3,(H,24,30,31). The van der Waals surface area contributed by atoms with Gasteiger partial charge in [0.05, 0.1) is 7.11 Å². The van der Waals surface area contributed by atoms with Crippen molar-refractivity contribution in [2.45, 2.75) is 52.0 Å². The molecule has 2 aromatic rings. The van der Waals surface area contributed by atoms with Crippen molar-refractivity contribution in [1.29, 1.82) is 0 Å². The minimum absolute atomic E-state index is 0.126. The molecule has 0 saturated carbocycles. The zero-order chi connectivity index (χ0) is 23.1. The first kappa shape index (κ1) is 24.2. The number of hydrogen-bond donors (Lipinski definition) is 1. The molecule has 0 amide bonds. The summed E-state index contributed by atoms with van der Waals surface area (Å²) in [6.07, 6.45) is 5.79. The normalized spacial score (nSPS) is 15.5. The molecule has 0 bridgehead atoms. The maximum absolute atomic E-state index is 11.8. The predicted octanol–water partition coefficient (Wildman–Crippen LogP) is 1.28. The number of rotatable bonds is 11. The Hall–Kier alpha value is -2.46. The van der Waals surface area contributed by atoms with Crippen LogP contribution in [0.3, 0.4) is 0 Å². The van der Waals surface area contributed by atoms with Crippen LogP contribution in [0.15, 0.2) is 4.79 Å². The number of esters is 1. The molecule has 10 nitrogen and oxygen atoms in total. The molecule has 1 N–H and O–H groups in total. The van der Waals surface area contributed by atoms with Gasteiger partial charge in [-0.1, -0.05) is 12.8 Å². The van der Waals surface area contributed by atoms with E-state index in [-0.39, 0.29) is 11.8 Å². The van der Waals surface area contributed by atoms with E-state index in [0.29, 0.717) is 17.6 Å². The minimum atomic E-state index is -0.498. The Morgan fingerprint density at radius 2 is 1.56 bits per heavy atom. The molecule has 0 spiro atoms. The van der Waals surface area contributed by atoms with Crippen LogP contribution in [-0.4, -0.2) is 86.4 Å². The van der Waals surface area contributed by atoms with Gasteiger partial charge in [0, 0.05) is 46.2 Å². The number of piperazine rings is 1. The quantitative estimate of drug-likeness (QED) is 0.405. The lowest BCUT2D eigenvalue weighted by Crippen LogP contribution is -2.46. The van der Waals surface area contributed by atoms with Crippen molar-refractivity contribution >= 4 is 17.1 Å². The number of aromatic nitrogens is 4. The van der Waals surface area contributed by atoms with Crippen LogP contribution in [0.4, 0.5) is 0 Å². The van der Waals surface area contributed by atoms with Crippen molar-refractivity contribution in [1.82, 2.24) is 28.9 Å². The first-order valence-electron chi connectivity index (χ1n) is 11.5. The summed E-state index contributed by atoms with van der Waals surface area (Å²) in [5.41, 5.74) is 0.514. The maximum Gasteiger partial charge on any atom is 0.352 e. The molecule has 1 fully saturated rings. The van der Waals surface area contributed by atoms with Crippen LogP contribution < -0.4 is 5.69 Å². The number of nitrogens with zero attached hydrogens (tertiary/aromatic N) is 6. The van der Waals surface area contributed by atoms with E-state index in [1.807, 2.05) is 11.5 Å². The molecule has 0 radical (unpaired) electrons. The predicted molar refractivity (Wildman–Crippen MR) is 122 cm³/mol. The van der Waals surface area contributed by atoms with Crippen molar-refractivity contribution in [3.05, 3.63) is 16.3 Å². The number of aryl methyl sites for hydroxylation is 3. The highest BCUT2D eigenvalue weighted by Gasteiger charge is 2.17. The fourth-order valence-corrected chi connectivity index (χ4v) is 4.33. The molecule has 32 heavy (non-hydrogen) atoms. The summed E-state index contributed by atoms with van der Waals surface area (Å²) in [7, 11) is 3.06. The third-order valence-electron chi connectivity index (χ3n) is 6.31. The topological polar surface area (TPSA) is 106 Å². The van der Waals surface area contributed by atoms with Crippen LogP contribution in [0.2, 0.25) is 0 Å². The van der Waals surface area contributed by atoms with E-state index in [2.05, 4.69) is 19.8 Å². The van der Waals surface area contributed by atoms with Crippen LogP contribution in [0.25, 0.3) is 11.2 Å². The molecule has 10 heteroatoms. The van der Waals surface area contributed by atoms with Crippen molar-refractivity contribution in [3.8, 4) is 5.88 Å². The van der Waals surface area contributed by atoms with Gasteiger partial charge < -0.3 is 24.2 Å². The Balaban J connectivity index is 1.33. The Morgan fingerprint density at radius 1 is 0.969 bits per heavy atom. The molecule has 3 rings (SSSR count). The third kappa shape index (κ3) is 6.07. The maximum atomic E-state index is 11.8. The van der Waals surface area contributed by atoms with Gasteiger partial charge in [-0.2, -0.15) is 4.98 Å². The number of ether oxygens (including phenoxy) is 1. The van der Waals surface area contributed by atoms with E-state index in [9.17, 15) is 14.7 Å². The molecule has 178 valence electrons. The van der Waals surface area contributed by atoms with E-state index in [1.54, 1.807) is 7.05 Å². The lowest BCUT2D eigenvalue weighted by atomic mass is 10.1. The van der Waals surface area contributed by atoms with Crippen molar-refractivity contribution in [2.24, 2.45) is 7.05 Å². The number of hydrogen-bond acceptors (Lipinski definition) is 8. The molecule has 3 heterocycles. The second-order valence-electron chi connectivity index (χ2n) is 8.54. The summed E-state index contributed by atoms with van der Waals surface area (Å²) < 4.78 is 8.02. The third-order valence-corrected chi connectivity index (χ3v) is 6.31. The molecule has 0 aromatic carbocycles. The van der Waals surface area contributed by atoms with Gasteiger partial charge in [-0.05, 0) is 39.3 Å². The summed E-state index contributed by atoms with van der Waals surface area (Å²) >= 11 is 0. The first-order chi connectivity index (χ1) is 15.4. The Kier molecular flexibility index (Phi) is 8.63. The molecule has 0 unspecified atom stereocenters. The van der Waals surface area contributed by atoms with Gasteiger partial charge in [-0.3, -0.25) is 9.36 Å². The Morgan fingerprint density at radius 3 is 2.19 bits per heavy atom. The number of unbranched alkanes of at least 4 members (excludes halogenated alkanes) is 3. The van der Waals surface area contributed by atoms with Crippen LogP contribution in [-0.2, 0) is 23.1 Å². The van der Waals surface area contributed by atoms with E-state index < -0.39 is 5.69 Å². The van der Waals surface area contributed by atoms with Gasteiger partial charge >= 0.3 is 11.7 Å². The number of methoxy groups -OCH3 is 1. The van der Waals surface area contributed by atoms with Crippen molar-refractivity contribution in [3.63, 3.8) is 0 Å². The largest absolute Gasteiger partial charge is 0.492 e. The number of fused-ring (bicyclic) bond motifs is 1. The molecular weight excluding hydrogens is 412 g/mol. The minimum Gasteiger partial charge on any atom is -0.492 e. The number of carbonyl (C=O) groups excluding carboxylic acids is 1. The monoisotopic (exact) mass is 448 g/mol. The average Bonchev–Trinajstić information content (AvgIpc) is 3.12. The molecule has 1 saturated heterocycles. The summed E-state index contributed by atoms with van der Waals surface area (Å²) in [6.45, 7) is 9.02. The van der Waals surface area contributed by atoms with Crippen LogP contribution in [0.5, 0.6) is 5.88 Å². The summed E-state index contributed by atoms with van der Waals surface area (Å²) in [5, 5.41) is 10.1. The average molecular weight is 449 g/mol. The number of imidazole rings is 1. The van der Waals surface area contributed by atoms with Crippen LogP contribution >= 0.6 is 0 Å². The Labute approximate surface area is 188 Å². The van der Waals surface area contributed by atoms with Crippen molar-refractivity contribution in [2.75, 3.05) is 46.4 Å². The van der Waals surface area contributed by atoms with Gasteiger partial charge in [-0.25, -0.2) is 9.78 Å². The highest BCUT2D eigenvalue weighted by Crippen LogP contribution is 2.22. The van der Waals surface area contributed by atoms with E-state index in [4.69, 9.17) is 4.74 Å². The fourth-order valence-electron chi connectivity index (χ4n) is 4.33. The molecular formula is C22H36N6O4. The highest BCUT2D eigenvalue weighted by atomic mass is 16.5. The summed E-state index contributed by atoms with van der Waals surface area (Å²) in [5.74, 6) is 0.412. The zero-order valence-corrected chi connectivity index (χ0v) is 19.5. The SMILES string of the molecule is COC(=O)CCCN1CCN(CCCCCCn2c(C)nc3c2c(O)nc(=O)n3C)CC1. The number of carbonyl (C=O) groups is 1. The molecule has 1 aliphatic rings. The van der Waals surface area contributed by atoms with E-state index in [1.165, 1.54) is 18.1 Å². The van der Waals surface area contributed by atoms with E-state index in [0.717, 1.165) is 77.3 Å².